The first kappa shape index (κ1) is 17.5. The van der Waals surface area contributed by atoms with E-state index in [1.807, 2.05) is 36.4 Å². The van der Waals surface area contributed by atoms with Crippen molar-refractivity contribution in [3.05, 3.63) is 54.0 Å². The molecule has 1 atom stereocenters. The Hall–Kier alpha value is -1.88. The second-order valence-corrected chi connectivity index (χ2v) is 6.25. The van der Waals surface area contributed by atoms with E-state index in [-0.39, 0.29) is 5.91 Å². The summed E-state index contributed by atoms with van der Waals surface area (Å²) in [5, 5.41) is 2.90. The highest BCUT2D eigenvalue weighted by Gasteiger charge is 2.15. The molecule has 1 amide bonds. The van der Waals surface area contributed by atoms with Crippen LogP contribution in [-0.2, 0) is 17.0 Å². The maximum absolute atomic E-state index is 12.1. The second-order valence-electron chi connectivity index (χ2n) is 5.14. The van der Waals surface area contributed by atoms with Crippen molar-refractivity contribution in [1.82, 2.24) is 5.32 Å². The first-order valence-electron chi connectivity index (χ1n) is 7.83. The van der Waals surface area contributed by atoms with Crippen LogP contribution in [0.5, 0.6) is 5.75 Å². The lowest BCUT2D eigenvalue weighted by atomic mass is 10.1. The molecule has 1 aromatic carbocycles. The van der Waals surface area contributed by atoms with Crippen molar-refractivity contribution in [1.29, 1.82) is 0 Å². The molecule has 124 valence electrons. The van der Waals surface area contributed by atoms with Gasteiger partial charge in [0.15, 0.2) is 6.10 Å². The summed E-state index contributed by atoms with van der Waals surface area (Å²) in [5.74, 6) is 3.30. The first-order valence-corrected chi connectivity index (χ1v) is 8.98. The van der Waals surface area contributed by atoms with Crippen molar-refractivity contribution in [2.24, 2.45) is 0 Å². The Kier molecular flexibility index (Phi) is 7.07. The quantitative estimate of drug-likeness (QED) is 0.712. The summed E-state index contributed by atoms with van der Waals surface area (Å²) in [6, 6.07) is 11.7. The topological polar surface area (TPSA) is 51.5 Å². The Morgan fingerprint density at radius 2 is 2.13 bits per heavy atom. The lowest BCUT2D eigenvalue weighted by Gasteiger charge is -2.16. The molecule has 4 nitrogen and oxygen atoms in total. The van der Waals surface area contributed by atoms with Gasteiger partial charge < -0.3 is 14.5 Å². The van der Waals surface area contributed by atoms with Gasteiger partial charge in [0.1, 0.15) is 11.5 Å². The summed E-state index contributed by atoms with van der Waals surface area (Å²) in [6.45, 7) is 4.47. The van der Waals surface area contributed by atoms with Crippen LogP contribution >= 0.6 is 11.8 Å². The largest absolute Gasteiger partial charge is 0.481 e. The van der Waals surface area contributed by atoms with Crippen molar-refractivity contribution < 1.29 is 13.9 Å². The number of carbonyl (C=O) groups excluding carboxylic acids is 1. The third-order valence-corrected chi connectivity index (χ3v) is 4.38. The summed E-state index contributed by atoms with van der Waals surface area (Å²) >= 11 is 1.73. The number of rotatable bonds is 9. The Morgan fingerprint density at radius 1 is 1.30 bits per heavy atom. The van der Waals surface area contributed by atoms with Crippen molar-refractivity contribution in [3.8, 4) is 5.75 Å². The van der Waals surface area contributed by atoms with Crippen LogP contribution in [0.3, 0.4) is 0 Å². The minimum Gasteiger partial charge on any atom is -0.481 e. The van der Waals surface area contributed by atoms with Crippen molar-refractivity contribution in [2.75, 3.05) is 12.3 Å². The van der Waals surface area contributed by atoms with E-state index < -0.39 is 6.10 Å². The third kappa shape index (κ3) is 5.67. The van der Waals surface area contributed by atoms with Crippen molar-refractivity contribution >= 4 is 17.7 Å². The van der Waals surface area contributed by atoms with Crippen LogP contribution in [0.15, 0.2) is 47.1 Å². The van der Waals surface area contributed by atoms with Gasteiger partial charge in [0.25, 0.3) is 5.91 Å². The number of nitrogens with one attached hydrogen (secondary N) is 1. The number of aryl methyl sites for hydroxylation is 1. The highest BCUT2D eigenvalue weighted by molar-refractivity contribution is 7.98. The lowest BCUT2D eigenvalue weighted by molar-refractivity contribution is -0.127. The lowest BCUT2D eigenvalue weighted by Crippen LogP contribution is -2.37. The molecule has 23 heavy (non-hydrogen) atoms. The Labute approximate surface area is 141 Å². The van der Waals surface area contributed by atoms with Gasteiger partial charge >= 0.3 is 0 Å². The van der Waals surface area contributed by atoms with Crippen LogP contribution in [0.25, 0.3) is 0 Å². The fraction of sp³-hybridized carbons (Fsp3) is 0.389. The number of furan rings is 1. The molecule has 1 N–H and O–H groups in total. The number of benzene rings is 1. The zero-order chi connectivity index (χ0) is 16.5. The van der Waals surface area contributed by atoms with E-state index in [0.29, 0.717) is 6.54 Å². The monoisotopic (exact) mass is 333 g/mol. The fourth-order valence-corrected chi connectivity index (χ4v) is 2.87. The molecule has 0 saturated carbocycles. The maximum atomic E-state index is 12.1. The van der Waals surface area contributed by atoms with Gasteiger partial charge in [-0.2, -0.15) is 11.8 Å². The van der Waals surface area contributed by atoms with Crippen LogP contribution in [0.2, 0.25) is 0 Å². The number of ether oxygens (including phenoxy) is 1. The van der Waals surface area contributed by atoms with Gasteiger partial charge in [-0.15, -0.1) is 0 Å². The molecule has 0 unspecified atom stereocenters. The van der Waals surface area contributed by atoms with Gasteiger partial charge in [0, 0.05) is 12.3 Å². The Morgan fingerprint density at radius 3 is 2.87 bits per heavy atom. The third-order valence-electron chi connectivity index (χ3n) is 3.40. The highest BCUT2D eigenvalue weighted by atomic mass is 32.2. The zero-order valence-corrected chi connectivity index (χ0v) is 14.4. The molecule has 0 fully saturated rings. The molecule has 0 aliphatic heterocycles. The fourth-order valence-electron chi connectivity index (χ4n) is 2.11. The minimum absolute atomic E-state index is 0.0884. The molecular formula is C18H23NO3S. The van der Waals surface area contributed by atoms with Gasteiger partial charge in [-0.05, 0) is 37.1 Å². The summed E-state index contributed by atoms with van der Waals surface area (Å²) in [5.41, 5.74) is 1.11. The van der Waals surface area contributed by atoms with E-state index in [1.54, 1.807) is 24.9 Å². The summed E-state index contributed by atoms with van der Waals surface area (Å²) < 4.78 is 11.0. The van der Waals surface area contributed by atoms with E-state index in [1.165, 1.54) is 0 Å². The van der Waals surface area contributed by atoms with Crippen LogP contribution < -0.4 is 10.1 Å². The second kappa shape index (κ2) is 9.30. The number of hydrogen-bond donors (Lipinski definition) is 1. The SMILES string of the molecule is CCc1ccccc1O[C@@H](C)C(=O)NCCSCc1ccco1. The van der Waals surface area contributed by atoms with Crippen LogP contribution in [-0.4, -0.2) is 24.3 Å². The Bertz CT molecular complexity index is 598. The van der Waals surface area contributed by atoms with E-state index in [2.05, 4.69) is 12.2 Å². The van der Waals surface area contributed by atoms with E-state index in [9.17, 15) is 4.79 Å². The number of para-hydroxylation sites is 1. The van der Waals surface area contributed by atoms with Crippen molar-refractivity contribution in [3.63, 3.8) is 0 Å². The predicted molar refractivity (Wildman–Crippen MR) is 93.8 cm³/mol. The molecule has 1 heterocycles. The van der Waals surface area contributed by atoms with Gasteiger partial charge in [0.2, 0.25) is 0 Å². The molecule has 0 aliphatic carbocycles. The molecule has 2 aromatic rings. The first-order chi connectivity index (χ1) is 11.2. The van der Waals surface area contributed by atoms with Gasteiger partial charge in [-0.25, -0.2) is 0 Å². The van der Waals surface area contributed by atoms with Crippen LogP contribution in [0, 0.1) is 0 Å². The maximum Gasteiger partial charge on any atom is 0.260 e. The average molecular weight is 333 g/mol. The standard InChI is InChI=1S/C18H23NO3S/c1-3-15-7-4-5-9-17(15)22-14(2)18(20)19-10-12-23-13-16-8-6-11-21-16/h4-9,11,14H,3,10,12-13H2,1-2H3,(H,19,20)/t14-/m0/s1. The van der Waals surface area contributed by atoms with Crippen LogP contribution in [0.4, 0.5) is 0 Å². The van der Waals surface area contributed by atoms with Gasteiger partial charge in [-0.1, -0.05) is 25.1 Å². The molecule has 0 bridgehead atoms. The molecule has 5 heteroatoms. The molecule has 0 aliphatic rings. The summed E-state index contributed by atoms with van der Waals surface area (Å²) in [4.78, 5) is 12.1. The minimum atomic E-state index is -0.502. The smallest absolute Gasteiger partial charge is 0.260 e. The van der Waals surface area contributed by atoms with E-state index >= 15 is 0 Å². The molecule has 0 radical (unpaired) electrons. The predicted octanol–water partition coefficient (Wildman–Crippen LogP) is 3.66. The van der Waals surface area contributed by atoms with Crippen molar-refractivity contribution in [2.45, 2.75) is 32.1 Å². The molecule has 1 aromatic heterocycles. The average Bonchev–Trinajstić information content (AvgIpc) is 3.08. The normalized spacial score (nSPS) is 11.9. The van der Waals surface area contributed by atoms with E-state index in [4.69, 9.17) is 9.15 Å². The molecular weight excluding hydrogens is 310 g/mol. The van der Waals surface area contributed by atoms with Gasteiger partial charge in [-0.3, -0.25) is 4.79 Å². The zero-order valence-electron chi connectivity index (χ0n) is 13.6. The Balaban J connectivity index is 1.68. The molecule has 2 rings (SSSR count). The molecule has 0 spiro atoms. The summed E-state index contributed by atoms with van der Waals surface area (Å²) in [6.07, 6.45) is 2.05. The highest BCUT2D eigenvalue weighted by Crippen LogP contribution is 2.19. The number of carbonyl (C=O) groups is 1. The molecule has 0 saturated heterocycles. The van der Waals surface area contributed by atoms with Crippen LogP contribution in [0.1, 0.15) is 25.2 Å². The number of amides is 1. The summed E-state index contributed by atoms with van der Waals surface area (Å²) in [7, 11) is 0. The van der Waals surface area contributed by atoms with E-state index in [0.717, 1.165) is 35.0 Å². The van der Waals surface area contributed by atoms with Gasteiger partial charge in [0.05, 0.1) is 12.0 Å². The number of hydrogen-bond acceptors (Lipinski definition) is 4. The number of thioether (sulfide) groups is 1.